The van der Waals surface area contributed by atoms with Gasteiger partial charge in [0.05, 0.1) is 16.3 Å². The summed E-state index contributed by atoms with van der Waals surface area (Å²) in [5.74, 6) is -0.905. The van der Waals surface area contributed by atoms with E-state index in [0.29, 0.717) is 17.3 Å². The predicted octanol–water partition coefficient (Wildman–Crippen LogP) is 3.47. The van der Waals surface area contributed by atoms with Gasteiger partial charge in [-0.25, -0.2) is 4.79 Å². The average molecular weight is 351 g/mol. The monoisotopic (exact) mass is 350 g/mol. The lowest BCUT2D eigenvalue weighted by molar-refractivity contribution is -0.129. The molecule has 1 aromatic carbocycles. The zero-order valence-corrected chi connectivity index (χ0v) is 14.6. The van der Waals surface area contributed by atoms with Gasteiger partial charge in [0.25, 0.3) is 5.91 Å². The van der Waals surface area contributed by atoms with Crippen molar-refractivity contribution in [3.63, 3.8) is 0 Å². The van der Waals surface area contributed by atoms with Gasteiger partial charge in [-0.1, -0.05) is 23.3 Å². The number of rotatable bonds is 6. The average Bonchev–Trinajstić information content (AvgIpc) is 2.58. The Morgan fingerprint density at radius 2 is 2.17 bits per heavy atom. The number of benzene rings is 1. The fourth-order valence-electron chi connectivity index (χ4n) is 2.57. The van der Waals surface area contributed by atoms with Gasteiger partial charge in [-0.2, -0.15) is 0 Å². The second kappa shape index (κ2) is 8.73. The number of ether oxygens (including phenoxy) is 1. The maximum absolute atomic E-state index is 12.0. The second-order valence-corrected chi connectivity index (χ2v) is 6.34. The van der Waals surface area contributed by atoms with Gasteiger partial charge in [-0.3, -0.25) is 4.79 Å². The Morgan fingerprint density at radius 1 is 1.38 bits per heavy atom. The van der Waals surface area contributed by atoms with Crippen LogP contribution in [-0.2, 0) is 9.53 Å². The van der Waals surface area contributed by atoms with Crippen molar-refractivity contribution in [2.75, 3.05) is 12.3 Å². The molecule has 0 aliphatic heterocycles. The number of carbonyl (C=O) groups excluding carboxylic acids is 2. The number of hydrogen-bond acceptors (Lipinski definition) is 4. The zero-order chi connectivity index (χ0) is 17.5. The van der Waals surface area contributed by atoms with Crippen molar-refractivity contribution < 1.29 is 14.3 Å². The number of hydrogen-bond donors (Lipinski definition) is 2. The molecule has 0 fully saturated rings. The second-order valence-electron chi connectivity index (χ2n) is 5.93. The highest BCUT2D eigenvalue weighted by Crippen LogP contribution is 2.21. The van der Waals surface area contributed by atoms with E-state index in [2.05, 4.69) is 11.4 Å². The summed E-state index contributed by atoms with van der Waals surface area (Å²) >= 11 is 5.82. The van der Waals surface area contributed by atoms with Crippen LogP contribution >= 0.6 is 11.6 Å². The van der Waals surface area contributed by atoms with Crippen molar-refractivity contribution in [3.8, 4) is 0 Å². The minimum absolute atomic E-state index is 0.268. The van der Waals surface area contributed by atoms with E-state index < -0.39 is 12.1 Å². The summed E-state index contributed by atoms with van der Waals surface area (Å²) in [7, 11) is 0. The SMILES string of the molecule is C[C@H](OC(=O)c1ccc(Cl)c(N)c1)C(=O)NCCC1=CCCCC1. The number of nitrogens with one attached hydrogen (secondary N) is 1. The molecule has 1 aliphatic carbocycles. The summed E-state index contributed by atoms with van der Waals surface area (Å²) in [6.07, 6.45) is 6.94. The van der Waals surface area contributed by atoms with E-state index in [4.69, 9.17) is 22.1 Å². The highest BCUT2D eigenvalue weighted by atomic mass is 35.5. The van der Waals surface area contributed by atoms with E-state index in [1.165, 1.54) is 36.6 Å². The molecule has 1 atom stereocenters. The van der Waals surface area contributed by atoms with Crippen molar-refractivity contribution in [2.45, 2.75) is 45.1 Å². The lowest BCUT2D eigenvalue weighted by atomic mass is 9.97. The quantitative estimate of drug-likeness (QED) is 0.467. The molecule has 1 aliphatic rings. The van der Waals surface area contributed by atoms with Crippen molar-refractivity contribution >= 4 is 29.2 Å². The van der Waals surface area contributed by atoms with Crippen LogP contribution in [0.15, 0.2) is 29.8 Å². The predicted molar refractivity (Wildman–Crippen MR) is 94.9 cm³/mol. The summed E-state index contributed by atoms with van der Waals surface area (Å²) < 4.78 is 5.17. The van der Waals surface area contributed by atoms with Crippen LogP contribution < -0.4 is 11.1 Å². The molecular weight excluding hydrogens is 328 g/mol. The number of nitrogen functional groups attached to an aromatic ring is 1. The molecule has 0 aromatic heterocycles. The Morgan fingerprint density at radius 3 is 2.83 bits per heavy atom. The molecular formula is C18H23ClN2O3. The topological polar surface area (TPSA) is 81.4 Å². The highest BCUT2D eigenvalue weighted by molar-refractivity contribution is 6.33. The first-order valence-electron chi connectivity index (χ1n) is 8.19. The number of carbonyl (C=O) groups is 2. The van der Waals surface area contributed by atoms with E-state index in [1.807, 2.05) is 0 Å². The highest BCUT2D eigenvalue weighted by Gasteiger charge is 2.19. The normalized spacial score (nSPS) is 15.3. The molecule has 0 saturated heterocycles. The van der Waals surface area contributed by atoms with Crippen LogP contribution in [0.2, 0.25) is 5.02 Å². The molecule has 6 heteroatoms. The molecule has 0 unspecified atom stereocenters. The van der Waals surface area contributed by atoms with Crippen molar-refractivity contribution in [2.24, 2.45) is 0 Å². The van der Waals surface area contributed by atoms with Gasteiger partial charge >= 0.3 is 5.97 Å². The minimum atomic E-state index is -0.866. The smallest absolute Gasteiger partial charge is 0.338 e. The van der Waals surface area contributed by atoms with Crippen LogP contribution in [0, 0.1) is 0 Å². The third-order valence-electron chi connectivity index (χ3n) is 4.02. The molecule has 0 heterocycles. The minimum Gasteiger partial charge on any atom is -0.449 e. The maximum atomic E-state index is 12.0. The van der Waals surface area contributed by atoms with Crippen LogP contribution in [0.3, 0.4) is 0 Å². The van der Waals surface area contributed by atoms with Gasteiger partial charge in [0, 0.05) is 6.54 Å². The van der Waals surface area contributed by atoms with Gasteiger partial charge in [-0.15, -0.1) is 0 Å². The van der Waals surface area contributed by atoms with Crippen LogP contribution in [0.4, 0.5) is 5.69 Å². The summed E-state index contributed by atoms with van der Waals surface area (Å²) in [4.78, 5) is 24.1. The van der Waals surface area contributed by atoms with Crippen LogP contribution in [-0.4, -0.2) is 24.5 Å². The molecule has 3 N–H and O–H groups in total. The summed E-state index contributed by atoms with van der Waals surface area (Å²) in [5, 5.41) is 3.17. The molecule has 2 rings (SSSR count). The number of anilines is 1. The molecule has 1 aromatic rings. The van der Waals surface area contributed by atoms with Crippen molar-refractivity contribution in [1.29, 1.82) is 0 Å². The van der Waals surface area contributed by atoms with Crippen LogP contribution in [0.5, 0.6) is 0 Å². The Hall–Kier alpha value is -2.01. The molecule has 0 spiro atoms. The van der Waals surface area contributed by atoms with E-state index >= 15 is 0 Å². The number of halogens is 1. The van der Waals surface area contributed by atoms with Gasteiger partial charge in [0.15, 0.2) is 6.10 Å². The Labute approximate surface area is 147 Å². The van der Waals surface area contributed by atoms with E-state index in [9.17, 15) is 9.59 Å². The summed E-state index contributed by atoms with van der Waals surface area (Å²) in [6, 6.07) is 4.47. The van der Waals surface area contributed by atoms with Crippen molar-refractivity contribution in [3.05, 3.63) is 40.4 Å². The third kappa shape index (κ3) is 5.27. The summed E-state index contributed by atoms with van der Waals surface area (Å²) in [5.41, 5.74) is 7.62. The van der Waals surface area contributed by atoms with Crippen LogP contribution in [0.25, 0.3) is 0 Å². The first-order chi connectivity index (χ1) is 11.5. The number of allylic oxidation sites excluding steroid dienone is 1. The Balaban J connectivity index is 1.78. The lowest BCUT2D eigenvalue weighted by Gasteiger charge is -2.16. The summed E-state index contributed by atoms with van der Waals surface area (Å²) in [6.45, 7) is 2.10. The fraction of sp³-hybridized carbons (Fsp3) is 0.444. The Kier molecular flexibility index (Phi) is 6.67. The molecule has 0 bridgehead atoms. The third-order valence-corrected chi connectivity index (χ3v) is 4.36. The Bertz CT molecular complexity index is 643. The molecule has 0 saturated carbocycles. The van der Waals surface area contributed by atoms with Crippen LogP contribution in [0.1, 0.15) is 49.4 Å². The van der Waals surface area contributed by atoms with Gasteiger partial charge in [0.1, 0.15) is 0 Å². The van der Waals surface area contributed by atoms with Gasteiger partial charge < -0.3 is 15.8 Å². The fourth-order valence-corrected chi connectivity index (χ4v) is 2.69. The largest absolute Gasteiger partial charge is 0.449 e. The number of amides is 1. The molecule has 5 nitrogen and oxygen atoms in total. The van der Waals surface area contributed by atoms with Crippen molar-refractivity contribution in [1.82, 2.24) is 5.32 Å². The van der Waals surface area contributed by atoms with Gasteiger partial charge in [-0.05, 0) is 57.2 Å². The first kappa shape index (κ1) is 18.3. The van der Waals surface area contributed by atoms with E-state index in [0.717, 1.165) is 19.3 Å². The van der Waals surface area contributed by atoms with E-state index in [-0.39, 0.29) is 11.5 Å². The molecule has 1 amide bonds. The lowest BCUT2D eigenvalue weighted by Crippen LogP contribution is -2.36. The molecule has 130 valence electrons. The van der Waals surface area contributed by atoms with E-state index in [1.54, 1.807) is 6.92 Å². The molecule has 24 heavy (non-hydrogen) atoms. The maximum Gasteiger partial charge on any atom is 0.338 e. The number of nitrogens with two attached hydrogens (primary N) is 1. The molecule has 0 radical (unpaired) electrons. The first-order valence-corrected chi connectivity index (χ1v) is 8.57. The van der Waals surface area contributed by atoms with Gasteiger partial charge in [0.2, 0.25) is 0 Å². The standard InChI is InChI=1S/C18H23ClN2O3/c1-12(17(22)21-10-9-13-5-3-2-4-6-13)24-18(23)14-7-8-15(19)16(20)11-14/h5,7-8,11-12H,2-4,6,9-10,20H2,1H3,(H,21,22)/t12-/m0/s1. The number of esters is 1. The zero-order valence-electron chi connectivity index (χ0n) is 13.8.